The summed E-state index contributed by atoms with van der Waals surface area (Å²) in [6, 6.07) is 14.6. The van der Waals surface area contributed by atoms with Crippen LogP contribution < -0.4 is 10.6 Å². The summed E-state index contributed by atoms with van der Waals surface area (Å²) >= 11 is 6.24. The number of aryl methyl sites for hydroxylation is 1. The van der Waals surface area contributed by atoms with Crippen LogP contribution in [0.25, 0.3) is 0 Å². The van der Waals surface area contributed by atoms with Gasteiger partial charge in [0, 0.05) is 10.7 Å². The Bertz CT molecular complexity index is 671. The van der Waals surface area contributed by atoms with Crippen molar-refractivity contribution in [2.45, 2.75) is 19.0 Å². The van der Waals surface area contributed by atoms with Gasteiger partial charge in [-0.15, -0.1) is 0 Å². The maximum Gasteiger partial charge on any atom is 0.247 e. The van der Waals surface area contributed by atoms with E-state index in [0.29, 0.717) is 5.02 Å². The van der Waals surface area contributed by atoms with Crippen molar-refractivity contribution in [3.05, 3.63) is 64.7 Å². The third-order valence-electron chi connectivity index (χ3n) is 3.64. The first kappa shape index (κ1) is 13.2. The van der Waals surface area contributed by atoms with Crippen molar-refractivity contribution in [2.24, 2.45) is 5.73 Å². The summed E-state index contributed by atoms with van der Waals surface area (Å²) in [7, 11) is 0. The molecule has 1 aliphatic heterocycles. The number of β-lactam (4-membered cyclic amide) rings is 1. The minimum atomic E-state index is -0.532. The molecule has 0 saturated carbocycles. The molecule has 3 rings (SSSR count). The Morgan fingerprint density at radius 2 is 1.90 bits per heavy atom. The minimum Gasteiger partial charge on any atom is -0.318 e. The Kier molecular flexibility index (Phi) is 3.24. The lowest BCUT2D eigenvalue weighted by Gasteiger charge is -2.46. The highest BCUT2D eigenvalue weighted by Crippen LogP contribution is 2.40. The third-order valence-corrected chi connectivity index (χ3v) is 3.99. The van der Waals surface area contributed by atoms with Crippen molar-refractivity contribution < 1.29 is 4.79 Å². The number of carbonyl (C=O) groups is 1. The fourth-order valence-electron chi connectivity index (χ4n) is 2.62. The smallest absolute Gasteiger partial charge is 0.247 e. The van der Waals surface area contributed by atoms with Crippen molar-refractivity contribution in [1.29, 1.82) is 0 Å². The first-order valence-corrected chi connectivity index (χ1v) is 6.87. The molecule has 102 valence electrons. The third kappa shape index (κ3) is 1.99. The second-order valence-corrected chi connectivity index (χ2v) is 5.45. The number of nitrogens with two attached hydrogens (primary N) is 1. The molecular formula is C16H15ClN2O. The molecular weight excluding hydrogens is 272 g/mol. The van der Waals surface area contributed by atoms with Gasteiger partial charge >= 0.3 is 0 Å². The molecule has 2 aromatic rings. The maximum atomic E-state index is 12.1. The van der Waals surface area contributed by atoms with E-state index in [-0.39, 0.29) is 11.9 Å². The predicted octanol–water partition coefficient (Wildman–Crippen LogP) is 3.06. The second-order valence-electron chi connectivity index (χ2n) is 5.04. The van der Waals surface area contributed by atoms with E-state index in [9.17, 15) is 4.79 Å². The van der Waals surface area contributed by atoms with Gasteiger partial charge in [-0.1, -0.05) is 41.9 Å². The van der Waals surface area contributed by atoms with Crippen molar-refractivity contribution in [2.75, 3.05) is 4.90 Å². The van der Waals surface area contributed by atoms with E-state index in [4.69, 9.17) is 17.3 Å². The molecule has 2 atom stereocenters. The van der Waals surface area contributed by atoms with E-state index in [2.05, 4.69) is 0 Å². The van der Waals surface area contributed by atoms with E-state index in [1.54, 1.807) is 4.90 Å². The van der Waals surface area contributed by atoms with Crippen LogP contribution in [0.4, 0.5) is 5.69 Å². The summed E-state index contributed by atoms with van der Waals surface area (Å²) in [5.74, 6) is -0.0690. The van der Waals surface area contributed by atoms with Crippen molar-refractivity contribution >= 4 is 23.2 Å². The van der Waals surface area contributed by atoms with Crippen molar-refractivity contribution in [1.82, 2.24) is 0 Å². The van der Waals surface area contributed by atoms with Crippen LogP contribution in [-0.4, -0.2) is 11.9 Å². The molecule has 2 aromatic carbocycles. The van der Waals surface area contributed by atoms with E-state index in [0.717, 1.165) is 16.8 Å². The molecule has 2 N–H and O–H groups in total. The van der Waals surface area contributed by atoms with Crippen LogP contribution >= 0.6 is 11.6 Å². The summed E-state index contributed by atoms with van der Waals surface area (Å²) in [6.45, 7) is 2.00. The zero-order valence-corrected chi connectivity index (χ0v) is 11.8. The van der Waals surface area contributed by atoms with Crippen LogP contribution in [0.5, 0.6) is 0 Å². The topological polar surface area (TPSA) is 46.3 Å². The van der Waals surface area contributed by atoms with Crippen LogP contribution in [-0.2, 0) is 4.79 Å². The number of halogens is 1. The highest BCUT2D eigenvalue weighted by atomic mass is 35.5. The molecule has 1 saturated heterocycles. The number of anilines is 1. The summed E-state index contributed by atoms with van der Waals surface area (Å²) < 4.78 is 0. The van der Waals surface area contributed by atoms with Gasteiger partial charge in [0.1, 0.15) is 6.04 Å². The Morgan fingerprint density at radius 1 is 1.15 bits per heavy atom. The number of rotatable bonds is 2. The van der Waals surface area contributed by atoms with Crippen LogP contribution in [0.15, 0.2) is 48.5 Å². The minimum absolute atomic E-state index is 0.0690. The Morgan fingerprint density at radius 3 is 2.60 bits per heavy atom. The molecule has 1 amide bonds. The van der Waals surface area contributed by atoms with Crippen LogP contribution in [0.2, 0.25) is 5.02 Å². The van der Waals surface area contributed by atoms with Gasteiger partial charge in [0.05, 0.1) is 6.04 Å². The maximum absolute atomic E-state index is 12.1. The Hall–Kier alpha value is -1.84. The molecule has 1 aliphatic rings. The number of nitrogens with zero attached hydrogens (tertiary/aromatic N) is 1. The van der Waals surface area contributed by atoms with Gasteiger partial charge in [-0.25, -0.2) is 0 Å². The molecule has 4 heteroatoms. The van der Waals surface area contributed by atoms with E-state index in [1.807, 2.05) is 55.5 Å². The van der Waals surface area contributed by atoms with Crippen LogP contribution in [0.3, 0.4) is 0 Å². The molecule has 0 bridgehead atoms. The number of amides is 1. The van der Waals surface area contributed by atoms with Gasteiger partial charge in [-0.2, -0.15) is 0 Å². The van der Waals surface area contributed by atoms with E-state index >= 15 is 0 Å². The van der Waals surface area contributed by atoms with Crippen LogP contribution in [0.1, 0.15) is 17.2 Å². The van der Waals surface area contributed by atoms with E-state index in [1.165, 1.54) is 0 Å². The molecule has 0 spiro atoms. The molecule has 1 fully saturated rings. The SMILES string of the molecule is Cc1cccc(N2C(=O)[C@H](N)[C@H]2c2ccccc2Cl)c1. The lowest BCUT2D eigenvalue weighted by atomic mass is 9.88. The fraction of sp³-hybridized carbons (Fsp3) is 0.188. The normalized spacial score (nSPS) is 21.8. The number of hydrogen-bond acceptors (Lipinski definition) is 2. The zero-order chi connectivity index (χ0) is 14.3. The van der Waals surface area contributed by atoms with Crippen LogP contribution in [0, 0.1) is 6.92 Å². The Labute approximate surface area is 123 Å². The van der Waals surface area contributed by atoms with Crippen molar-refractivity contribution in [3.8, 4) is 0 Å². The average Bonchev–Trinajstić information content (AvgIpc) is 2.45. The number of hydrogen-bond donors (Lipinski definition) is 1. The molecule has 0 unspecified atom stereocenters. The van der Waals surface area contributed by atoms with Gasteiger partial charge in [-0.05, 0) is 36.2 Å². The van der Waals surface area contributed by atoms with E-state index < -0.39 is 6.04 Å². The largest absolute Gasteiger partial charge is 0.318 e. The molecule has 3 nitrogen and oxygen atoms in total. The molecule has 0 aliphatic carbocycles. The Balaban J connectivity index is 2.02. The second kappa shape index (κ2) is 4.93. The van der Waals surface area contributed by atoms with Gasteiger partial charge in [0.25, 0.3) is 0 Å². The van der Waals surface area contributed by atoms with Gasteiger partial charge < -0.3 is 10.6 Å². The first-order chi connectivity index (χ1) is 9.59. The average molecular weight is 287 g/mol. The summed E-state index contributed by atoms with van der Waals surface area (Å²) in [4.78, 5) is 13.8. The standard InChI is InChI=1S/C16H15ClN2O/c1-10-5-4-6-11(9-10)19-15(14(18)16(19)20)12-7-2-3-8-13(12)17/h2-9,14-15H,18H2,1H3/t14-,15-/m1/s1. The molecule has 20 heavy (non-hydrogen) atoms. The molecule has 0 radical (unpaired) electrons. The summed E-state index contributed by atoms with van der Waals surface area (Å²) in [6.07, 6.45) is 0. The molecule has 1 heterocycles. The van der Waals surface area contributed by atoms with Gasteiger partial charge in [-0.3, -0.25) is 4.79 Å². The summed E-state index contributed by atoms with van der Waals surface area (Å²) in [5, 5.41) is 0.637. The number of benzene rings is 2. The fourth-order valence-corrected chi connectivity index (χ4v) is 2.87. The molecule has 0 aromatic heterocycles. The van der Waals surface area contributed by atoms with Crippen molar-refractivity contribution in [3.63, 3.8) is 0 Å². The van der Waals surface area contributed by atoms with Gasteiger partial charge in [0.2, 0.25) is 5.91 Å². The highest BCUT2D eigenvalue weighted by Gasteiger charge is 2.47. The monoisotopic (exact) mass is 286 g/mol. The first-order valence-electron chi connectivity index (χ1n) is 6.49. The quantitative estimate of drug-likeness (QED) is 0.863. The highest BCUT2D eigenvalue weighted by molar-refractivity contribution is 6.31. The predicted molar refractivity (Wildman–Crippen MR) is 80.8 cm³/mol. The lowest BCUT2D eigenvalue weighted by molar-refractivity contribution is -0.126. The summed E-state index contributed by atoms with van der Waals surface area (Å²) in [5.41, 5.74) is 8.84. The number of carbonyl (C=O) groups excluding carboxylic acids is 1. The van der Waals surface area contributed by atoms with Gasteiger partial charge in [0.15, 0.2) is 0 Å². The zero-order valence-electron chi connectivity index (χ0n) is 11.1. The lowest BCUT2D eigenvalue weighted by Crippen LogP contribution is -2.63.